The van der Waals surface area contributed by atoms with Gasteiger partial charge in [-0.1, -0.05) is 0 Å². The molecule has 2 aliphatic rings. The summed E-state index contributed by atoms with van der Waals surface area (Å²) in [5.74, 6) is 2.27. The molecule has 0 saturated heterocycles. The molecule has 0 amide bonds. The smallest absolute Gasteiger partial charge is 0.229 e. The van der Waals surface area contributed by atoms with E-state index in [0.29, 0.717) is 29.3 Å². The summed E-state index contributed by atoms with van der Waals surface area (Å²) in [7, 11) is 1.22. The highest BCUT2D eigenvalue weighted by molar-refractivity contribution is 7.92. The maximum atomic E-state index is 12.2. The number of anilines is 4. The van der Waals surface area contributed by atoms with Crippen LogP contribution in [-0.2, 0) is 22.7 Å². The maximum absolute atomic E-state index is 12.2. The summed E-state index contributed by atoms with van der Waals surface area (Å²) < 4.78 is 21.7. The number of pyridine rings is 1. The zero-order valence-electron chi connectivity index (χ0n) is 21.4. The molecule has 10 nitrogen and oxygen atoms in total. The van der Waals surface area contributed by atoms with Gasteiger partial charge in [-0.25, -0.2) is 14.2 Å². The van der Waals surface area contributed by atoms with Gasteiger partial charge < -0.3 is 20.3 Å². The van der Waals surface area contributed by atoms with Gasteiger partial charge in [-0.15, -0.1) is 0 Å². The zero-order valence-corrected chi connectivity index (χ0v) is 22.2. The molecule has 0 fully saturated rings. The van der Waals surface area contributed by atoms with Crippen LogP contribution >= 0.6 is 0 Å². The first-order chi connectivity index (χ1) is 17.7. The number of benzene rings is 1. The summed E-state index contributed by atoms with van der Waals surface area (Å²) in [6.45, 7) is 2.04. The number of aryl methyl sites for hydroxylation is 1. The molecule has 1 aromatic carbocycles. The molecule has 1 unspecified atom stereocenters. The van der Waals surface area contributed by atoms with Gasteiger partial charge in [-0.2, -0.15) is 14.6 Å². The second-order valence-electron chi connectivity index (χ2n) is 9.81. The number of nitriles is 1. The van der Waals surface area contributed by atoms with E-state index in [0.717, 1.165) is 25.2 Å². The molecule has 3 heterocycles. The average Bonchev–Trinajstić information content (AvgIpc) is 2.83. The highest BCUT2D eigenvalue weighted by atomic mass is 32.2. The molecule has 1 atom stereocenters. The number of nitrogens with one attached hydrogen (secondary N) is 2. The predicted octanol–water partition coefficient (Wildman–Crippen LogP) is 4.46. The molecule has 1 aliphatic heterocycles. The average molecular weight is 519 g/mol. The molecule has 37 heavy (non-hydrogen) atoms. The van der Waals surface area contributed by atoms with E-state index in [-0.39, 0.29) is 11.4 Å². The summed E-state index contributed by atoms with van der Waals surface area (Å²) in [5, 5.41) is 16.0. The molecule has 11 heteroatoms. The molecule has 1 aliphatic carbocycles. The minimum atomic E-state index is -2.46. The number of ether oxygens (including phenoxy) is 1. The number of likely N-dealkylation sites (N-methyl/N-ethyl adjacent to an activating group) is 1. The Balaban J connectivity index is 1.45. The van der Waals surface area contributed by atoms with E-state index in [4.69, 9.17) is 4.74 Å². The lowest BCUT2D eigenvalue weighted by atomic mass is 9.77. The maximum Gasteiger partial charge on any atom is 0.229 e. The first-order valence-corrected chi connectivity index (χ1v) is 14.4. The third kappa shape index (κ3) is 5.50. The summed E-state index contributed by atoms with van der Waals surface area (Å²) in [6.07, 6.45) is 8.05. The summed E-state index contributed by atoms with van der Waals surface area (Å²) in [4.78, 5) is 15.7. The normalized spacial score (nSPS) is 16.9. The highest BCUT2D eigenvalue weighted by Crippen LogP contribution is 2.40. The molecular formula is C26H30N8O2S. The summed E-state index contributed by atoms with van der Waals surface area (Å²) in [6, 6.07) is 9.87. The second-order valence-corrected chi connectivity index (χ2v) is 12.4. The van der Waals surface area contributed by atoms with Gasteiger partial charge in [0.05, 0.1) is 13.3 Å². The van der Waals surface area contributed by atoms with Crippen molar-refractivity contribution >= 4 is 38.8 Å². The van der Waals surface area contributed by atoms with Gasteiger partial charge in [0.25, 0.3) is 0 Å². The number of hydrogen-bond donors (Lipinski definition) is 2. The van der Waals surface area contributed by atoms with E-state index in [9.17, 15) is 9.47 Å². The van der Waals surface area contributed by atoms with E-state index in [1.54, 1.807) is 12.1 Å². The van der Waals surface area contributed by atoms with E-state index in [1.807, 2.05) is 0 Å². The predicted molar refractivity (Wildman–Crippen MR) is 145 cm³/mol. The van der Waals surface area contributed by atoms with Crippen molar-refractivity contribution in [3.05, 3.63) is 52.7 Å². The summed E-state index contributed by atoms with van der Waals surface area (Å²) in [5.41, 5.74) is 5.48. The van der Waals surface area contributed by atoms with Crippen LogP contribution in [-0.4, -0.2) is 57.3 Å². The lowest BCUT2D eigenvalue weighted by Crippen LogP contribution is -2.33. The monoisotopic (exact) mass is 518 g/mol. The Hall–Kier alpha value is -3.75. The van der Waals surface area contributed by atoms with E-state index in [1.165, 1.54) is 55.4 Å². The fourth-order valence-electron chi connectivity index (χ4n) is 5.12. The molecule has 5 rings (SSSR count). The Labute approximate surface area is 217 Å². The lowest BCUT2D eigenvalue weighted by Gasteiger charge is -2.37. The van der Waals surface area contributed by atoms with Crippen LogP contribution in [0.1, 0.15) is 41.0 Å². The Morgan fingerprint density at radius 1 is 1.22 bits per heavy atom. The molecule has 0 saturated carbocycles. The number of rotatable bonds is 6. The van der Waals surface area contributed by atoms with Crippen molar-refractivity contribution in [2.75, 3.05) is 43.8 Å². The highest BCUT2D eigenvalue weighted by Gasteiger charge is 2.29. The molecule has 0 radical (unpaired) electrons. The van der Waals surface area contributed by atoms with Gasteiger partial charge in [0.15, 0.2) is 11.6 Å². The first-order valence-electron chi connectivity index (χ1n) is 12.1. The van der Waals surface area contributed by atoms with Crippen LogP contribution in [0.5, 0.6) is 5.75 Å². The molecule has 3 aromatic rings. The Kier molecular flexibility index (Phi) is 6.70. The van der Waals surface area contributed by atoms with Crippen LogP contribution in [0.3, 0.4) is 0 Å². The van der Waals surface area contributed by atoms with Crippen molar-refractivity contribution in [2.24, 2.45) is 4.36 Å². The van der Waals surface area contributed by atoms with Gasteiger partial charge >= 0.3 is 0 Å². The van der Waals surface area contributed by atoms with Gasteiger partial charge in [-0.3, -0.25) is 0 Å². The van der Waals surface area contributed by atoms with Crippen molar-refractivity contribution in [2.45, 2.75) is 31.7 Å². The Morgan fingerprint density at radius 2 is 2.03 bits per heavy atom. The molecule has 2 aromatic heterocycles. The number of nitrogens with zero attached hydrogens (tertiary/aromatic N) is 6. The molecular weight excluding hydrogens is 488 g/mol. The van der Waals surface area contributed by atoms with Gasteiger partial charge in [0, 0.05) is 41.0 Å². The number of hydrogen-bond acceptors (Lipinski definition) is 10. The van der Waals surface area contributed by atoms with E-state index < -0.39 is 9.73 Å². The van der Waals surface area contributed by atoms with Crippen LogP contribution in [0.15, 0.2) is 34.8 Å². The lowest BCUT2D eigenvalue weighted by molar-refractivity contribution is 0.266. The molecule has 192 valence electrons. The fourth-order valence-corrected chi connectivity index (χ4v) is 5.67. The van der Waals surface area contributed by atoms with Crippen LogP contribution in [0.4, 0.5) is 29.1 Å². The summed E-state index contributed by atoms with van der Waals surface area (Å²) >= 11 is 0. The minimum absolute atomic E-state index is 0.208. The van der Waals surface area contributed by atoms with Crippen molar-refractivity contribution < 1.29 is 8.95 Å². The standard InChI is InChI=1S/C26H30N8O2S/c1-34-14-17-7-5-6-16-10-20(11-18(15-34)23(16)17)29-26-28-13-19(12-27)24(32-26)30-22-9-8-21(36-2)25(31-22)33-37(3,4)35/h8-11,13,17H,5-7,14-15H2,1-4H3,(H2,28,29,30,31,32). The minimum Gasteiger partial charge on any atom is -0.493 e. The Bertz CT molecular complexity index is 1520. The van der Waals surface area contributed by atoms with Crippen molar-refractivity contribution in [1.82, 2.24) is 19.9 Å². The fraction of sp³-hybridized carbons (Fsp3) is 0.385. The van der Waals surface area contributed by atoms with Crippen molar-refractivity contribution in [1.29, 1.82) is 5.26 Å². The van der Waals surface area contributed by atoms with Gasteiger partial charge in [0.2, 0.25) is 11.8 Å². The van der Waals surface area contributed by atoms with Gasteiger partial charge in [0.1, 0.15) is 17.5 Å². The Morgan fingerprint density at radius 3 is 2.78 bits per heavy atom. The van der Waals surface area contributed by atoms with Crippen molar-refractivity contribution in [3.8, 4) is 11.8 Å². The number of methoxy groups -OCH3 is 1. The van der Waals surface area contributed by atoms with Crippen LogP contribution < -0.4 is 15.4 Å². The van der Waals surface area contributed by atoms with Crippen LogP contribution in [0.2, 0.25) is 0 Å². The van der Waals surface area contributed by atoms with Gasteiger partial charge in [-0.05, 0) is 73.2 Å². The molecule has 0 bridgehead atoms. The SMILES string of the molecule is COc1ccc(Nc2nc(Nc3cc4c5c(c3)CN(C)CC5CCC4)ncc2C#N)nc1N=S(C)(C)=O. The topological polar surface area (TPSA) is 128 Å². The first kappa shape index (κ1) is 24.9. The quantitative estimate of drug-likeness (QED) is 0.486. The second kappa shape index (κ2) is 9.95. The van der Waals surface area contributed by atoms with E-state index >= 15 is 0 Å². The zero-order chi connectivity index (χ0) is 26.2. The largest absolute Gasteiger partial charge is 0.493 e. The molecule has 0 spiro atoms. The molecule has 2 N–H and O–H groups in total. The van der Waals surface area contributed by atoms with E-state index in [2.05, 4.69) is 60.1 Å². The van der Waals surface area contributed by atoms with Crippen LogP contribution in [0.25, 0.3) is 0 Å². The third-order valence-corrected chi connectivity index (χ3v) is 7.12. The van der Waals surface area contributed by atoms with Crippen LogP contribution in [0, 0.1) is 11.3 Å². The number of aromatic nitrogens is 3. The third-order valence-electron chi connectivity index (χ3n) is 6.51. The van der Waals surface area contributed by atoms with Crippen molar-refractivity contribution in [3.63, 3.8) is 0 Å².